The summed E-state index contributed by atoms with van der Waals surface area (Å²) in [5.74, 6) is 0.0296. The fourth-order valence-electron chi connectivity index (χ4n) is 2.64. The van der Waals surface area contributed by atoms with Crippen LogP contribution in [0.2, 0.25) is 0 Å². The van der Waals surface area contributed by atoms with Gasteiger partial charge in [0.25, 0.3) is 0 Å². The molecule has 5 nitrogen and oxygen atoms in total. The van der Waals surface area contributed by atoms with E-state index in [-0.39, 0.29) is 24.1 Å². The van der Waals surface area contributed by atoms with Crippen molar-refractivity contribution in [1.82, 2.24) is 9.62 Å². The molecule has 6 heteroatoms. The van der Waals surface area contributed by atoms with Crippen LogP contribution >= 0.6 is 0 Å². The van der Waals surface area contributed by atoms with Gasteiger partial charge in [0.2, 0.25) is 15.9 Å². The van der Waals surface area contributed by atoms with Gasteiger partial charge >= 0.3 is 0 Å². The van der Waals surface area contributed by atoms with Gasteiger partial charge in [0.15, 0.2) is 0 Å². The van der Waals surface area contributed by atoms with Crippen LogP contribution in [-0.4, -0.2) is 37.9 Å². The highest BCUT2D eigenvalue weighted by atomic mass is 32.2. The minimum absolute atomic E-state index is 0.0397. The topological polar surface area (TPSA) is 66.5 Å². The maximum absolute atomic E-state index is 12.1. The minimum Gasteiger partial charge on any atom is -0.338 e. The summed E-state index contributed by atoms with van der Waals surface area (Å²) < 4.78 is 26.9. The molecule has 1 heterocycles. The van der Waals surface area contributed by atoms with Crippen LogP contribution in [0.25, 0.3) is 0 Å². The standard InChI is InChI=1S/C14H18N2O3S/c17-14-8-12(9-16(14)13-6-7-13)15-20(18,19)10-11-4-2-1-3-5-11/h1-5,12-13,15H,6-10H2. The van der Waals surface area contributed by atoms with Crippen molar-refractivity contribution in [2.24, 2.45) is 0 Å². The Hall–Kier alpha value is -1.40. The van der Waals surface area contributed by atoms with Crippen LogP contribution in [0.4, 0.5) is 0 Å². The third-order valence-electron chi connectivity index (χ3n) is 3.69. The summed E-state index contributed by atoms with van der Waals surface area (Å²) in [7, 11) is -3.40. The summed E-state index contributed by atoms with van der Waals surface area (Å²) >= 11 is 0. The number of nitrogens with zero attached hydrogens (tertiary/aromatic N) is 1. The van der Waals surface area contributed by atoms with Crippen LogP contribution in [0.15, 0.2) is 30.3 Å². The van der Waals surface area contributed by atoms with E-state index in [1.54, 1.807) is 12.1 Å². The van der Waals surface area contributed by atoms with Crippen LogP contribution in [0, 0.1) is 0 Å². The maximum atomic E-state index is 12.1. The van der Waals surface area contributed by atoms with E-state index >= 15 is 0 Å². The second kappa shape index (κ2) is 5.18. The lowest BCUT2D eigenvalue weighted by Crippen LogP contribution is -2.38. The normalized spacial score (nSPS) is 23.3. The molecule has 3 rings (SSSR count). The predicted octanol–water partition coefficient (Wildman–Crippen LogP) is 0.869. The number of nitrogens with one attached hydrogen (secondary N) is 1. The number of hydrogen-bond donors (Lipinski definition) is 1. The molecule has 1 aromatic rings. The van der Waals surface area contributed by atoms with Crippen molar-refractivity contribution >= 4 is 15.9 Å². The molecule has 1 aliphatic carbocycles. The van der Waals surface area contributed by atoms with Crippen molar-refractivity contribution in [3.05, 3.63) is 35.9 Å². The highest BCUT2D eigenvalue weighted by molar-refractivity contribution is 7.88. The van der Waals surface area contributed by atoms with Crippen LogP contribution in [0.1, 0.15) is 24.8 Å². The van der Waals surface area contributed by atoms with Crippen LogP contribution < -0.4 is 4.72 Å². The lowest BCUT2D eigenvalue weighted by atomic mass is 10.2. The minimum atomic E-state index is -3.40. The summed E-state index contributed by atoms with van der Waals surface area (Å²) in [4.78, 5) is 13.6. The molecule has 1 aliphatic heterocycles. The first-order chi connectivity index (χ1) is 9.53. The first-order valence-electron chi connectivity index (χ1n) is 6.87. The van der Waals surface area contributed by atoms with Crippen molar-refractivity contribution in [3.8, 4) is 0 Å². The smallest absolute Gasteiger partial charge is 0.224 e. The number of amides is 1. The van der Waals surface area contributed by atoms with E-state index in [9.17, 15) is 13.2 Å². The Kier molecular flexibility index (Phi) is 3.52. The lowest BCUT2D eigenvalue weighted by molar-refractivity contribution is -0.128. The molecule has 1 atom stereocenters. The second-order valence-electron chi connectivity index (χ2n) is 5.54. The Labute approximate surface area is 119 Å². The van der Waals surface area contributed by atoms with Crippen molar-refractivity contribution < 1.29 is 13.2 Å². The quantitative estimate of drug-likeness (QED) is 0.876. The molecule has 0 radical (unpaired) electrons. The molecule has 1 aromatic carbocycles. The van der Waals surface area contributed by atoms with Gasteiger partial charge in [-0.15, -0.1) is 0 Å². The molecular weight excluding hydrogens is 276 g/mol. The number of likely N-dealkylation sites (tertiary alicyclic amines) is 1. The molecule has 0 spiro atoms. The molecule has 2 fully saturated rings. The van der Waals surface area contributed by atoms with Gasteiger partial charge in [-0.25, -0.2) is 13.1 Å². The van der Waals surface area contributed by atoms with E-state index in [0.29, 0.717) is 12.6 Å². The zero-order chi connectivity index (χ0) is 14.2. The van der Waals surface area contributed by atoms with E-state index in [1.165, 1.54) is 0 Å². The summed E-state index contributed by atoms with van der Waals surface area (Å²) in [6, 6.07) is 9.14. The van der Waals surface area contributed by atoms with Crippen LogP contribution in [0.3, 0.4) is 0 Å². The molecule has 1 unspecified atom stereocenters. The summed E-state index contributed by atoms with van der Waals surface area (Å²) in [6.45, 7) is 0.511. The van der Waals surface area contributed by atoms with E-state index in [1.807, 2.05) is 23.1 Å². The summed E-state index contributed by atoms with van der Waals surface area (Å²) in [5.41, 5.74) is 0.753. The fourth-order valence-corrected chi connectivity index (χ4v) is 4.02. The third-order valence-corrected chi connectivity index (χ3v) is 5.10. The lowest BCUT2D eigenvalue weighted by Gasteiger charge is -2.16. The number of carbonyl (C=O) groups is 1. The van der Waals surface area contributed by atoms with Crippen molar-refractivity contribution in [3.63, 3.8) is 0 Å². The first-order valence-corrected chi connectivity index (χ1v) is 8.52. The Bertz CT molecular complexity index is 596. The van der Waals surface area contributed by atoms with E-state index in [0.717, 1.165) is 18.4 Å². The van der Waals surface area contributed by atoms with Crippen LogP contribution in [0.5, 0.6) is 0 Å². The van der Waals surface area contributed by atoms with Gasteiger partial charge in [-0.2, -0.15) is 0 Å². The van der Waals surface area contributed by atoms with E-state index in [2.05, 4.69) is 4.72 Å². The average molecular weight is 294 g/mol. The number of hydrogen-bond acceptors (Lipinski definition) is 3. The van der Waals surface area contributed by atoms with Crippen molar-refractivity contribution in [2.75, 3.05) is 6.54 Å². The third kappa shape index (κ3) is 3.19. The van der Waals surface area contributed by atoms with E-state index in [4.69, 9.17) is 0 Å². The Morgan fingerprint density at radius 1 is 1.20 bits per heavy atom. The fraction of sp³-hybridized carbons (Fsp3) is 0.500. The van der Waals surface area contributed by atoms with Gasteiger partial charge in [-0.1, -0.05) is 30.3 Å². The van der Waals surface area contributed by atoms with Crippen molar-refractivity contribution in [1.29, 1.82) is 0 Å². The average Bonchev–Trinajstić information content (AvgIpc) is 3.15. The van der Waals surface area contributed by atoms with Crippen LogP contribution in [-0.2, 0) is 20.6 Å². The number of carbonyl (C=O) groups excluding carboxylic acids is 1. The van der Waals surface area contributed by atoms with E-state index < -0.39 is 10.0 Å². The Morgan fingerprint density at radius 3 is 2.55 bits per heavy atom. The zero-order valence-corrected chi connectivity index (χ0v) is 12.0. The van der Waals surface area contributed by atoms with Gasteiger partial charge < -0.3 is 4.90 Å². The molecule has 108 valence electrons. The Morgan fingerprint density at radius 2 is 1.90 bits per heavy atom. The summed E-state index contributed by atoms with van der Waals surface area (Å²) in [6.07, 6.45) is 2.38. The largest absolute Gasteiger partial charge is 0.338 e. The Balaban J connectivity index is 1.61. The van der Waals surface area contributed by atoms with Gasteiger partial charge in [0.1, 0.15) is 0 Å². The van der Waals surface area contributed by atoms with Crippen molar-refractivity contribution in [2.45, 2.75) is 37.1 Å². The molecule has 1 amide bonds. The molecular formula is C14H18N2O3S. The molecule has 2 aliphatic rings. The van der Waals surface area contributed by atoms with Gasteiger partial charge in [0.05, 0.1) is 5.75 Å². The predicted molar refractivity (Wildman–Crippen MR) is 75.3 cm³/mol. The highest BCUT2D eigenvalue weighted by Gasteiger charge is 2.40. The maximum Gasteiger partial charge on any atom is 0.224 e. The molecule has 1 N–H and O–H groups in total. The van der Waals surface area contributed by atoms with Gasteiger partial charge in [-0.3, -0.25) is 4.79 Å². The number of rotatable bonds is 5. The first kappa shape index (κ1) is 13.6. The second-order valence-corrected chi connectivity index (χ2v) is 7.29. The molecule has 0 bridgehead atoms. The molecule has 0 aromatic heterocycles. The number of benzene rings is 1. The van der Waals surface area contributed by atoms with Gasteiger partial charge in [-0.05, 0) is 18.4 Å². The number of sulfonamides is 1. The molecule has 20 heavy (non-hydrogen) atoms. The van der Waals surface area contributed by atoms with Gasteiger partial charge in [0, 0.05) is 25.0 Å². The SMILES string of the molecule is O=C1CC(NS(=O)(=O)Cc2ccccc2)CN1C1CC1. The molecule has 1 saturated heterocycles. The highest BCUT2D eigenvalue weighted by Crippen LogP contribution is 2.30. The molecule has 1 saturated carbocycles. The zero-order valence-electron chi connectivity index (χ0n) is 11.2. The summed E-state index contributed by atoms with van der Waals surface area (Å²) in [5, 5.41) is 0. The monoisotopic (exact) mass is 294 g/mol.